The van der Waals surface area contributed by atoms with E-state index in [0.29, 0.717) is 23.5 Å². The molecule has 0 aliphatic carbocycles. The van der Waals surface area contributed by atoms with Crippen molar-refractivity contribution in [1.82, 2.24) is 0 Å². The Bertz CT molecular complexity index is 1070. The van der Waals surface area contributed by atoms with Crippen LogP contribution < -0.4 is 0 Å². The summed E-state index contributed by atoms with van der Waals surface area (Å²) in [6.07, 6.45) is 2.21. The first kappa shape index (κ1) is 36.4. The summed E-state index contributed by atoms with van der Waals surface area (Å²) in [6.45, 7) is 26.9. The van der Waals surface area contributed by atoms with Gasteiger partial charge in [-0.25, -0.2) is 4.79 Å². The first-order valence-corrected chi connectivity index (χ1v) is 14.9. The van der Waals surface area contributed by atoms with Gasteiger partial charge in [-0.2, -0.15) is 0 Å². The predicted molar refractivity (Wildman–Crippen MR) is 170 cm³/mol. The molecule has 1 aliphatic heterocycles. The molecule has 1 N–H and O–H groups in total. The number of carboxylic acids is 1. The first-order chi connectivity index (χ1) is 18.8. The van der Waals surface area contributed by atoms with Crippen molar-refractivity contribution in [3.63, 3.8) is 0 Å². The zero-order valence-electron chi connectivity index (χ0n) is 27.8. The fraction of sp³-hybridized carbons (Fsp3) is 0.611. The molecule has 5 nitrogen and oxygen atoms in total. The maximum Gasteiger partial charge on any atom is 0.335 e. The molecule has 5 heteroatoms. The standard InChI is InChI=1S/C13H20.C12H22O3.C11H14O2/c1-12(2,3)13(4,5)11-9-7-6-8-10-11;1-11(2,3)12(4,5)10(13)15-8-9-6-7-14-9;1-3-8(2)9-4-6-10(7-5-9)11(12)13/h6-10H,1-5H3;9H,6-8H2,1-5H3;4-8H,3H2,1-2H3,(H,12,13). The fourth-order valence-electron chi connectivity index (χ4n) is 3.55. The Kier molecular flexibility index (Phi) is 13.3. The maximum absolute atomic E-state index is 11.9. The van der Waals surface area contributed by atoms with E-state index in [0.717, 1.165) is 19.4 Å². The summed E-state index contributed by atoms with van der Waals surface area (Å²) in [6, 6.07) is 17.8. The van der Waals surface area contributed by atoms with Gasteiger partial charge in [-0.05, 0) is 65.7 Å². The third kappa shape index (κ3) is 10.6. The molecule has 0 bridgehead atoms. The van der Waals surface area contributed by atoms with Crippen LogP contribution in [0.5, 0.6) is 0 Å². The van der Waals surface area contributed by atoms with E-state index in [9.17, 15) is 9.59 Å². The second-order valence-corrected chi connectivity index (χ2v) is 14.2. The fourth-order valence-corrected chi connectivity index (χ4v) is 3.55. The van der Waals surface area contributed by atoms with E-state index in [1.807, 2.05) is 46.8 Å². The molecule has 1 aliphatic rings. The molecule has 0 saturated carbocycles. The van der Waals surface area contributed by atoms with E-state index in [2.05, 4.69) is 78.8 Å². The summed E-state index contributed by atoms with van der Waals surface area (Å²) in [5.41, 5.74) is 2.95. The number of carboxylic acid groups (broad SMARTS) is 1. The van der Waals surface area contributed by atoms with E-state index in [1.165, 1.54) is 11.1 Å². The number of benzene rings is 2. The van der Waals surface area contributed by atoms with E-state index in [-0.39, 0.29) is 22.9 Å². The Balaban J connectivity index is 0.000000309. The highest BCUT2D eigenvalue weighted by Crippen LogP contribution is 2.40. The summed E-state index contributed by atoms with van der Waals surface area (Å²) in [5, 5.41) is 8.67. The molecule has 2 aromatic rings. The zero-order valence-corrected chi connectivity index (χ0v) is 27.8. The van der Waals surface area contributed by atoms with Crippen LogP contribution in [0.2, 0.25) is 0 Å². The van der Waals surface area contributed by atoms with Crippen molar-refractivity contribution in [2.75, 3.05) is 13.2 Å². The first-order valence-electron chi connectivity index (χ1n) is 14.9. The SMILES string of the molecule is CC(C)(C)C(C)(C)C(=O)OCC1CCO1.CC(C)(C)C(C)(C)c1ccccc1.CCC(C)c1ccc(C(=O)O)cc1. The Labute approximate surface area is 250 Å². The van der Waals surface area contributed by atoms with Crippen LogP contribution in [0.25, 0.3) is 0 Å². The van der Waals surface area contributed by atoms with Crippen molar-refractivity contribution in [3.8, 4) is 0 Å². The molecule has 2 unspecified atom stereocenters. The monoisotopic (exact) mass is 568 g/mol. The quantitative estimate of drug-likeness (QED) is 0.337. The lowest BCUT2D eigenvalue weighted by Gasteiger charge is -2.39. The predicted octanol–water partition coefficient (Wildman–Crippen LogP) is 9.30. The molecule has 3 rings (SSSR count). The summed E-state index contributed by atoms with van der Waals surface area (Å²) >= 11 is 0. The highest BCUT2D eigenvalue weighted by molar-refractivity contribution is 5.87. The third-order valence-corrected chi connectivity index (χ3v) is 9.29. The van der Waals surface area contributed by atoms with Crippen LogP contribution in [0.15, 0.2) is 54.6 Å². The van der Waals surface area contributed by atoms with Gasteiger partial charge in [0.05, 0.1) is 17.1 Å². The molecule has 0 spiro atoms. The van der Waals surface area contributed by atoms with Crippen molar-refractivity contribution in [3.05, 3.63) is 71.3 Å². The molecule has 1 fully saturated rings. The number of carbonyl (C=O) groups excluding carboxylic acids is 1. The average molecular weight is 569 g/mol. The summed E-state index contributed by atoms with van der Waals surface area (Å²) in [7, 11) is 0. The highest BCUT2D eigenvalue weighted by atomic mass is 16.6. The molecule has 1 heterocycles. The Morgan fingerprint density at radius 2 is 1.39 bits per heavy atom. The second kappa shape index (κ2) is 15.0. The van der Waals surface area contributed by atoms with Crippen molar-refractivity contribution >= 4 is 11.9 Å². The van der Waals surface area contributed by atoms with E-state index in [1.54, 1.807) is 12.1 Å². The van der Waals surface area contributed by atoms with Gasteiger partial charge in [0.15, 0.2) is 0 Å². The van der Waals surface area contributed by atoms with Gasteiger partial charge >= 0.3 is 11.9 Å². The minimum absolute atomic E-state index is 0.0927. The number of ether oxygens (including phenoxy) is 2. The molecule has 2 atom stereocenters. The van der Waals surface area contributed by atoms with Crippen LogP contribution in [0.1, 0.15) is 123 Å². The Morgan fingerprint density at radius 3 is 1.76 bits per heavy atom. The minimum atomic E-state index is -0.865. The molecule has 0 aromatic heterocycles. The van der Waals surface area contributed by atoms with Crippen molar-refractivity contribution in [2.45, 2.75) is 113 Å². The van der Waals surface area contributed by atoms with Crippen LogP contribution in [0.4, 0.5) is 0 Å². The summed E-state index contributed by atoms with van der Waals surface area (Å²) in [5.74, 6) is -0.496. The van der Waals surface area contributed by atoms with Gasteiger partial charge in [0.2, 0.25) is 0 Å². The topological polar surface area (TPSA) is 72.8 Å². The molecule has 2 aromatic carbocycles. The molecule has 0 amide bonds. The van der Waals surface area contributed by atoms with Gasteiger partial charge in [-0.1, -0.05) is 112 Å². The number of aromatic carboxylic acids is 1. The number of hydrogen-bond donors (Lipinski definition) is 1. The van der Waals surface area contributed by atoms with Crippen LogP contribution in [-0.2, 0) is 19.7 Å². The highest BCUT2D eigenvalue weighted by Gasteiger charge is 2.41. The third-order valence-electron chi connectivity index (χ3n) is 9.29. The number of rotatable bonds is 7. The summed E-state index contributed by atoms with van der Waals surface area (Å²) in [4.78, 5) is 22.4. The van der Waals surface area contributed by atoms with Gasteiger partial charge in [-0.3, -0.25) is 4.79 Å². The van der Waals surface area contributed by atoms with Crippen LogP contribution in [0.3, 0.4) is 0 Å². The number of carbonyl (C=O) groups is 2. The van der Waals surface area contributed by atoms with E-state index >= 15 is 0 Å². The van der Waals surface area contributed by atoms with E-state index in [4.69, 9.17) is 14.6 Å². The molecular weight excluding hydrogens is 512 g/mol. The number of esters is 1. The maximum atomic E-state index is 11.9. The van der Waals surface area contributed by atoms with Crippen molar-refractivity contribution < 1.29 is 24.2 Å². The Hall–Kier alpha value is -2.66. The van der Waals surface area contributed by atoms with Gasteiger partial charge in [0.25, 0.3) is 0 Å². The lowest BCUT2D eigenvalue weighted by Crippen LogP contribution is -2.41. The normalized spacial score (nSPS) is 16.1. The van der Waals surface area contributed by atoms with Gasteiger partial charge in [-0.15, -0.1) is 0 Å². The number of hydrogen-bond acceptors (Lipinski definition) is 4. The average Bonchev–Trinajstić information content (AvgIpc) is 2.87. The Morgan fingerprint density at radius 1 is 0.878 bits per heavy atom. The second-order valence-electron chi connectivity index (χ2n) is 14.2. The smallest absolute Gasteiger partial charge is 0.335 e. The van der Waals surface area contributed by atoms with Crippen LogP contribution in [-0.4, -0.2) is 36.4 Å². The van der Waals surface area contributed by atoms with Crippen molar-refractivity contribution in [2.24, 2.45) is 16.2 Å². The molecule has 1 saturated heterocycles. The minimum Gasteiger partial charge on any atom is -0.478 e. The van der Waals surface area contributed by atoms with Crippen LogP contribution in [0, 0.1) is 16.2 Å². The van der Waals surface area contributed by atoms with Gasteiger partial charge < -0.3 is 14.6 Å². The lowest BCUT2D eigenvalue weighted by atomic mass is 9.65. The van der Waals surface area contributed by atoms with Crippen molar-refractivity contribution in [1.29, 1.82) is 0 Å². The largest absolute Gasteiger partial charge is 0.478 e. The van der Waals surface area contributed by atoms with Crippen LogP contribution >= 0.6 is 0 Å². The van der Waals surface area contributed by atoms with Gasteiger partial charge in [0.1, 0.15) is 6.61 Å². The van der Waals surface area contributed by atoms with Gasteiger partial charge in [0, 0.05) is 13.0 Å². The lowest BCUT2D eigenvalue weighted by molar-refractivity contribution is -0.170. The molecule has 0 radical (unpaired) electrons. The molecule has 230 valence electrons. The molecule has 41 heavy (non-hydrogen) atoms. The van der Waals surface area contributed by atoms with E-state index < -0.39 is 11.4 Å². The summed E-state index contributed by atoms with van der Waals surface area (Å²) < 4.78 is 10.5. The zero-order chi connectivity index (χ0) is 31.6. The molecular formula is C36H56O5.